The number of rotatable bonds is 3. The van der Waals surface area contributed by atoms with Crippen molar-refractivity contribution >= 4 is 11.8 Å². The molecule has 0 spiro atoms. The van der Waals surface area contributed by atoms with Gasteiger partial charge in [-0.25, -0.2) is 0 Å². The molecule has 6 heteroatoms. The van der Waals surface area contributed by atoms with E-state index < -0.39 is 6.04 Å². The van der Waals surface area contributed by atoms with Gasteiger partial charge in [0.25, 0.3) is 5.91 Å². The molecule has 2 heterocycles. The van der Waals surface area contributed by atoms with Crippen LogP contribution in [0.2, 0.25) is 0 Å². The van der Waals surface area contributed by atoms with Gasteiger partial charge in [-0.2, -0.15) is 5.10 Å². The molecule has 1 N–H and O–H groups in total. The Hall–Kier alpha value is -2.63. The van der Waals surface area contributed by atoms with Crippen LogP contribution in [0.15, 0.2) is 36.5 Å². The van der Waals surface area contributed by atoms with Crippen LogP contribution in [0.3, 0.4) is 0 Å². The number of fused-ring (bicyclic) bond motifs is 1. The van der Waals surface area contributed by atoms with Crippen molar-refractivity contribution in [3.05, 3.63) is 53.3 Å². The first-order valence-electron chi connectivity index (χ1n) is 8.30. The van der Waals surface area contributed by atoms with E-state index in [-0.39, 0.29) is 11.8 Å². The number of hydrogen-bond donors (Lipinski definition) is 1. The lowest BCUT2D eigenvalue weighted by Gasteiger charge is -2.33. The highest BCUT2D eigenvalue weighted by molar-refractivity contribution is 5.95. The third kappa shape index (κ3) is 2.79. The number of benzene rings is 1. The van der Waals surface area contributed by atoms with Crippen molar-refractivity contribution < 1.29 is 9.59 Å². The van der Waals surface area contributed by atoms with Gasteiger partial charge in [-0.15, -0.1) is 0 Å². The molecule has 0 saturated heterocycles. The van der Waals surface area contributed by atoms with Gasteiger partial charge in [0.1, 0.15) is 6.04 Å². The average molecular weight is 324 g/mol. The van der Waals surface area contributed by atoms with Crippen LogP contribution < -0.4 is 5.32 Å². The van der Waals surface area contributed by atoms with Gasteiger partial charge in [-0.3, -0.25) is 14.3 Å². The third-order valence-corrected chi connectivity index (χ3v) is 4.57. The first-order chi connectivity index (χ1) is 11.6. The maximum atomic E-state index is 12.9. The molecular weight excluding hydrogens is 304 g/mol. The molecule has 1 fully saturated rings. The summed E-state index contributed by atoms with van der Waals surface area (Å²) in [7, 11) is 0. The Morgan fingerprint density at radius 1 is 1.25 bits per heavy atom. The molecule has 1 aliphatic heterocycles. The first-order valence-corrected chi connectivity index (χ1v) is 8.30. The van der Waals surface area contributed by atoms with Crippen LogP contribution in [0, 0.1) is 6.92 Å². The summed E-state index contributed by atoms with van der Waals surface area (Å²) in [6, 6.07) is 9.25. The van der Waals surface area contributed by atoms with Crippen molar-refractivity contribution in [1.29, 1.82) is 0 Å². The normalized spacial score (nSPS) is 19.7. The standard InChI is InChI=1S/C18H20N4O2/c1-12-3-2-4-13(9-12)18(24)21-10-15-7-8-19-22(15)16(11-21)17(23)20-14-5-6-14/h2-4,7-9,14,16H,5-6,10-11H2,1H3,(H,20,23)/t16-/m1/s1. The predicted molar refractivity (Wildman–Crippen MR) is 88.3 cm³/mol. The van der Waals surface area contributed by atoms with E-state index in [0.717, 1.165) is 24.1 Å². The van der Waals surface area contributed by atoms with Crippen LogP contribution in [0.4, 0.5) is 0 Å². The van der Waals surface area contributed by atoms with Crippen molar-refractivity contribution in [3.63, 3.8) is 0 Å². The molecule has 1 aromatic heterocycles. The van der Waals surface area contributed by atoms with E-state index in [2.05, 4.69) is 10.4 Å². The van der Waals surface area contributed by atoms with E-state index in [4.69, 9.17) is 0 Å². The fourth-order valence-electron chi connectivity index (χ4n) is 3.13. The summed E-state index contributed by atoms with van der Waals surface area (Å²) < 4.78 is 1.75. The molecule has 124 valence electrons. The van der Waals surface area contributed by atoms with Crippen molar-refractivity contribution in [2.75, 3.05) is 6.54 Å². The number of amides is 2. The zero-order valence-electron chi connectivity index (χ0n) is 13.6. The van der Waals surface area contributed by atoms with Gasteiger partial charge in [-0.1, -0.05) is 17.7 Å². The lowest BCUT2D eigenvalue weighted by molar-refractivity contribution is -0.125. The van der Waals surface area contributed by atoms with E-state index in [1.165, 1.54) is 0 Å². The maximum Gasteiger partial charge on any atom is 0.254 e. The molecule has 6 nitrogen and oxygen atoms in total. The van der Waals surface area contributed by atoms with E-state index >= 15 is 0 Å². The van der Waals surface area contributed by atoms with Crippen LogP contribution in [-0.4, -0.2) is 39.1 Å². The van der Waals surface area contributed by atoms with Crippen molar-refractivity contribution in [2.24, 2.45) is 0 Å². The van der Waals surface area contributed by atoms with E-state index in [1.54, 1.807) is 15.8 Å². The van der Waals surface area contributed by atoms with Gasteiger partial charge in [0.15, 0.2) is 0 Å². The minimum absolute atomic E-state index is 0.0460. The predicted octanol–water partition coefficient (Wildman–Crippen LogP) is 1.67. The van der Waals surface area contributed by atoms with Crippen molar-refractivity contribution in [1.82, 2.24) is 20.0 Å². The van der Waals surface area contributed by atoms with E-state index in [1.807, 2.05) is 37.3 Å². The Morgan fingerprint density at radius 2 is 2.08 bits per heavy atom. The smallest absolute Gasteiger partial charge is 0.254 e. The minimum Gasteiger partial charge on any atom is -0.351 e. The molecule has 0 bridgehead atoms. The zero-order valence-corrected chi connectivity index (χ0v) is 13.6. The maximum absolute atomic E-state index is 12.9. The van der Waals surface area contributed by atoms with Gasteiger partial charge < -0.3 is 10.2 Å². The molecule has 4 rings (SSSR count). The van der Waals surface area contributed by atoms with E-state index in [9.17, 15) is 9.59 Å². The number of aromatic nitrogens is 2. The average Bonchev–Trinajstić information content (AvgIpc) is 3.26. The molecular formula is C18H20N4O2. The zero-order chi connectivity index (χ0) is 16.7. The Labute approximate surface area is 140 Å². The van der Waals surface area contributed by atoms with Crippen LogP contribution in [0.25, 0.3) is 0 Å². The fourth-order valence-corrected chi connectivity index (χ4v) is 3.13. The van der Waals surface area contributed by atoms with Crippen molar-refractivity contribution in [3.8, 4) is 0 Å². The molecule has 1 aliphatic carbocycles. The molecule has 0 radical (unpaired) electrons. The molecule has 0 unspecified atom stereocenters. The molecule has 1 saturated carbocycles. The SMILES string of the molecule is Cc1cccc(C(=O)N2Cc3ccnn3[C@@H](C(=O)NC3CC3)C2)c1. The van der Waals surface area contributed by atoms with Crippen LogP contribution in [0.5, 0.6) is 0 Å². The summed E-state index contributed by atoms with van der Waals surface area (Å²) in [4.78, 5) is 27.1. The Morgan fingerprint density at radius 3 is 2.83 bits per heavy atom. The van der Waals surface area contributed by atoms with Gasteiger partial charge in [0.2, 0.25) is 5.91 Å². The number of aryl methyl sites for hydroxylation is 1. The van der Waals surface area contributed by atoms with Crippen LogP contribution in [-0.2, 0) is 11.3 Å². The Kier molecular flexibility index (Phi) is 3.59. The van der Waals surface area contributed by atoms with Crippen LogP contribution >= 0.6 is 0 Å². The highest BCUT2D eigenvalue weighted by atomic mass is 16.2. The highest BCUT2D eigenvalue weighted by Gasteiger charge is 2.35. The number of nitrogens with one attached hydrogen (secondary N) is 1. The lowest BCUT2D eigenvalue weighted by Crippen LogP contribution is -2.47. The largest absolute Gasteiger partial charge is 0.351 e. The van der Waals surface area contributed by atoms with Crippen molar-refractivity contribution in [2.45, 2.75) is 38.4 Å². The fraction of sp³-hybridized carbons (Fsp3) is 0.389. The number of carbonyl (C=O) groups is 2. The van der Waals surface area contributed by atoms with Crippen LogP contribution in [0.1, 0.15) is 40.5 Å². The van der Waals surface area contributed by atoms with Gasteiger partial charge in [0.05, 0.1) is 18.8 Å². The Bertz CT molecular complexity index is 794. The third-order valence-electron chi connectivity index (χ3n) is 4.57. The summed E-state index contributed by atoms with van der Waals surface area (Å²) in [6.07, 6.45) is 3.76. The van der Waals surface area contributed by atoms with Gasteiger partial charge in [-0.05, 0) is 38.0 Å². The van der Waals surface area contributed by atoms with E-state index in [0.29, 0.717) is 24.7 Å². The van der Waals surface area contributed by atoms with Gasteiger partial charge in [0, 0.05) is 17.8 Å². The summed E-state index contributed by atoms with van der Waals surface area (Å²) in [6.45, 7) is 2.79. The molecule has 1 atom stereocenters. The lowest BCUT2D eigenvalue weighted by atomic mass is 10.1. The Balaban J connectivity index is 1.59. The number of hydrogen-bond acceptors (Lipinski definition) is 3. The quantitative estimate of drug-likeness (QED) is 0.934. The molecule has 2 amide bonds. The number of carbonyl (C=O) groups excluding carboxylic acids is 2. The summed E-state index contributed by atoms with van der Waals surface area (Å²) in [5.74, 6) is -0.0976. The van der Waals surface area contributed by atoms with Gasteiger partial charge >= 0.3 is 0 Å². The molecule has 24 heavy (non-hydrogen) atoms. The topological polar surface area (TPSA) is 67.2 Å². The summed E-state index contributed by atoms with van der Waals surface area (Å²) in [5.41, 5.74) is 2.59. The second kappa shape index (κ2) is 5.78. The second-order valence-corrected chi connectivity index (χ2v) is 6.62. The summed E-state index contributed by atoms with van der Waals surface area (Å²) in [5, 5.41) is 7.31. The minimum atomic E-state index is -0.460. The number of nitrogens with zero attached hydrogens (tertiary/aromatic N) is 3. The molecule has 2 aromatic rings. The highest BCUT2D eigenvalue weighted by Crippen LogP contribution is 2.25. The molecule has 1 aromatic carbocycles. The second-order valence-electron chi connectivity index (χ2n) is 6.62. The summed E-state index contributed by atoms with van der Waals surface area (Å²) >= 11 is 0. The monoisotopic (exact) mass is 324 g/mol. The first kappa shape index (κ1) is 14.9. The molecule has 2 aliphatic rings.